The predicted molar refractivity (Wildman–Crippen MR) is 85.6 cm³/mol. The van der Waals surface area contributed by atoms with Crippen LogP contribution in [0.3, 0.4) is 0 Å². The lowest BCUT2D eigenvalue weighted by atomic mass is 10.1. The van der Waals surface area contributed by atoms with Crippen LogP contribution >= 0.6 is 0 Å². The first-order chi connectivity index (χ1) is 11.6. The number of nitrogens with zero attached hydrogens (tertiary/aromatic N) is 2. The molecule has 0 atom stereocenters. The topological polar surface area (TPSA) is 73.1 Å². The lowest BCUT2D eigenvalue weighted by Crippen LogP contribution is -2.43. The monoisotopic (exact) mass is 355 g/mol. The van der Waals surface area contributed by atoms with Gasteiger partial charge in [0, 0.05) is 18.1 Å². The quantitative estimate of drug-likeness (QED) is 0.851. The Bertz CT molecular complexity index is 913. The highest BCUT2D eigenvalue weighted by Crippen LogP contribution is 2.18. The first-order valence-corrected chi connectivity index (χ1v) is 7.31. The minimum absolute atomic E-state index is 0.265. The van der Waals surface area contributed by atoms with Gasteiger partial charge in [0.15, 0.2) is 0 Å². The lowest BCUT2D eigenvalue weighted by molar-refractivity contribution is -0.141. The molecule has 25 heavy (non-hydrogen) atoms. The van der Waals surface area contributed by atoms with Crippen molar-refractivity contribution < 1.29 is 18.0 Å². The Morgan fingerprint density at radius 2 is 1.68 bits per heavy atom. The highest BCUT2D eigenvalue weighted by molar-refractivity contribution is 5.91. The number of rotatable bonds is 4. The molecular formula is C16H16F3N3O3. The van der Waals surface area contributed by atoms with Gasteiger partial charge in [-0.15, -0.1) is 0 Å². The Hall–Kier alpha value is -2.84. The van der Waals surface area contributed by atoms with E-state index in [-0.39, 0.29) is 4.57 Å². The maximum absolute atomic E-state index is 12.3. The number of nitrogens with one attached hydrogen (secondary N) is 1. The van der Waals surface area contributed by atoms with E-state index in [0.29, 0.717) is 5.69 Å². The van der Waals surface area contributed by atoms with Crippen LogP contribution in [0.1, 0.15) is 11.1 Å². The van der Waals surface area contributed by atoms with Gasteiger partial charge in [-0.3, -0.25) is 19.0 Å². The van der Waals surface area contributed by atoms with E-state index < -0.39 is 36.3 Å². The molecule has 134 valence electrons. The number of aromatic nitrogens is 2. The van der Waals surface area contributed by atoms with Crippen molar-refractivity contribution in [2.45, 2.75) is 33.1 Å². The van der Waals surface area contributed by atoms with Gasteiger partial charge in [0.2, 0.25) is 5.91 Å². The van der Waals surface area contributed by atoms with Gasteiger partial charge in [-0.1, -0.05) is 12.1 Å². The molecule has 0 aliphatic rings. The summed E-state index contributed by atoms with van der Waals surface area (Å²) in [7, 11) is 0. The van der Waals surface area contributed by atoms with Crippen molar-refractivity contribution in [3.63, 3.8) is 0 Å². The number of halogens is 3. The van der Waals surface area contributed by atoms with Crippen molar-refractivity contribution in [3.05, 3.63) is 62.4 Å². The molecule has 0 bridgehead atoms. The van der Waals surface area contributed by atoms with Crippen molar-refractivity contribution in [2.24, 2.45) is 0 Å². The van der Waals surface area contributed by atoms with Gasteiger partial charge in [0.05, 0.1) is 0 Å². The largest absolute Gasteiger partial charge is 0.406 e. The van der Waals surface area contributed by atoms with Gasteiger partial charge in [-0.25, -0.2) is 0 Å². The number of amides is 1. The number of hydrogen-bond acceptors (Lipinski definition) is 3. The molecule has 1 heterocycles. The molecule has 1 aromatic heterocycles. The first-order valence-electron chi connectivity index (χ1n) is 7.31. The SMILES string of the molecule is Cc1cccc(NC(=O)Cn2ccn(CC(F)(F)F)c(=O)c2=O)c1C. The molecule has 0 saturated heterocycles. The molecule has 0 spiro atoms. The summed E-state index contributed by atoms with van der Waals surface area (Å²) in [5.74, 6) is -0.566. The zero-order chi connectivity index (χ0) is 18.8. The number of aryl methyl sites for hydroxylation is 1. The summed E-state index contributed by atoms with van der Waals surface area (Å²) in [4.78, 5) is 35.6. The standard InChI is InChI=1S/C16H16F3N3O3/c1-10-4-3-5-12(11(10)2)20-13(23)8-21-6-7-22(9-16(17,18)19)15(25)14(21)24/h3-7H,8-9H2,1-2H3,(H,20,23). The Morgan fingerprint density at radius 1 is 1.08 bits per heavy atom. The molecule has 1 amide bonds. The summed E-state index contributed by atoms with van der Waals surface area (Å²) in [6.07, 6.45) is -2.80. The zero-order valence-electron chi connectivity index (χ0n) is 13.6. The molecule has 1 aromatic carbocycles. The number of anilines is 1. The van der Waals surface area contributed by atoms with Crippen LogP contribution in [0.2, 0.25) is 0 Å². The van der Waals surface area contributed by atoms with Crippen LogP contribution in [0, 0.1) is 13.8 Å². The van der Waals surface area contributed by atoms with Crippen LogP contribution in [0.5, 0.6) is 0 Å². The Balaban J connectivity index is 2.19. The summed E-state index contributed by atoms with van der Waals surface area (Å²) in [6, 6.07) is 5.31. The molecule has 0 unspecified atom stereocenters. The molecule has 0 saturated carbocycles. The van der Waals surface area contributed by atoms with Crippen LogP contribution in [0.4, 0.5) is 18.9 Å². The Kier molecular flexibility index (Phi) is 5.15. The minimum atomic E-state index is -4.62. The average Bonchev–Trinajstić information content (AvgIpc) is 2.50. The van der Waals surface area contributed by atoms with Crippen molar-refractivity contribution in [2.75, 3.05) is 5.32 Å². The van der Waals surface area contributed by atoms with Gasteiger partial charge in [-0.05, 0) is 31.0 Å². The highest BCUT2D eigenvalue weighted by Gasteiger charge is 2.28. The fourth-order valence-corrected chi connectivity index (χ4v) is 2.22. The third-order valence-electron chi connectivity index (χ3n) is 3.67. The van der Waals surface area contributed by atoms with Crippen LogP contribution < -0.4 is 16.4 Å². The number of carbonyl (C=O) groups excluding carboxylic acids is 1. The fraction of sp³-hybridized carbons (Fsp3) is 0.312. The van der Waals surface area contributed by atoms with E-state index >= 15 is 0 Å². The highest BCUT2D eigenvalue weighted by atomic mass is 19.4. The van der Waals surface area contributed by atoms with E-state index in [4.69, 9.17) is 0 Å². The second-order valence-corrected chi connectivity index (χ2v) is 5.58. The third kappa shape index (κ3) is 4.59. The smallest absolute Gasteiger partial charge is 0.324 e. The summed E-state index contributed by atoms with van der Waals surface area (Å²) in [5, 5.41) is 2.61. The lowest BCUT2D eigenvalue weighted by Gasteiger charge is -2.12. The van der Waals surface area contributed by atoms with E-state index in [9.17, 15) is 27.6 Å². The van der Waals surface area contributed by atoms with Gasteiger partial charge < -0.3 is 9.88 Å². The number of carbonyl (C=O) groups is 1. The summed E-state index contributed by atoms with van der Waals surface area (Å²) in [5.41, 5.74) is -0.154. The van der Waals surface area contributed by atoms with Gasteiger partial charge in [-0.2, -0.15) is 13.2 Å². The molecular weight excluding hydrogens is 339 g/mol. The van der Waals surface area contributed by atoms with Crippen LogP contribution in [0.15, 0.2) is 40.2 Å². The van der Waals surface area contributed by atoms with Gasteiger partial charge >= 0.3 is 17.3 Å². The number of hydrogen-bond donors (Lipinski definition) is 1. The van der Waals surface area contributed by atoms with E-state index in [1.165, 1.54) is 0 Å². The van der Waals surface area contributed by atoms with Crippen molar-refractivity contribution >= 4 is 11.6 Å². The zero-order valence-corrected chi connectivity index (χ0v) is 13.6. The van der Waals surface area contributed by atoms with Crippen LogP contribution in [0.25, 0.3) is 0 Å². The van der Waals surface area contributed by atoms with Crippen molar-refractivity contribution in [1.82, 2.24) is 9.13 Å². The van der Waals surface area contributed by atoms with Crippen molar-refractivity contribution in [3.8, 4) is 0 Å². The number of alkyl halides is 3. The Morgan fingerprint density at radius 3 is 2.32 bits per heavy atom. The van der Waals surface area contributed by atoms with E-state index in [2.05, 4.69) is 5.32 Å². The molecule has 1 N–H and O–H groups in total. The van der Waals surface area contributed by atoms with E-state index in [0.717, 1.165) is 28.1 Å². The molecule has 0 aliphatic carbocycles. The molecule has 2 aromatic rings. The summed E-state index contributed by atoms with van der Waals surface area (Å²) in [6.45, 7) is 1.65. The first kappa shape index (κ1) is 18.5. The average molecular weight is 355 g/mol. The Labute approximate surface area is 140 Å². The van der Waals surface area contributed by atoms with Crippen LogP contribution in [-0.2, 0) is 17.9 Å². The van der Waals surface area contributed by atoms with Crippen molar-refractivity contribution in [1.29, 1.82) is 0 Å². The van der Waals surface area contributed by atoms with Gasteiger partial charge in [0.25, 0.3) is 0 Å². The number of benzene rings is 1. The van der Waals surface area contributed by atoms with Crippen LogP contribution in [-0.4, -0.2) is 21.2 Å². The van der Waals surface area contributed by atoms with E-state index in [1.54, 1.807) is 12.1 Å². The summed E-state index contributed by atoms with van der Waals surface area (Å²) >= 11 is 0. The molecule has 0 radical (unpaired) electrons. The second kappa shape index (κ2) is 6.96. The maximum atomic E-state index is 12.3. The fourth-order valence-electron chi connectivity index (χ4n) is 2.22. The molecule has 0 fully saturated rings. The molecule has 2 rings (SSSR count). The second-order valence-electron chi connectivity index (χ2n) is 5.58. The van der Waals surface area contributed by atoms with Gasteiger partial charge in [0.1, 0.15) is 13.1 Å². The minimum Gasteiger partial charge on any atom is -0.324 e. The summed E-state index contributed by atoms with van der Waals surface area (Å²) < 4.78 is 38.1. The molecule has 9 heteroatoms. The molecule has 6 nitrogen and oxygen atoms in total. The molecule has 0 aliphatic heterocycles. The maximum Gasteiger partial charge on any atom is 0.406 e. The normalized spacial score (nSPS) is 11.4. The predicted octanol–water partition coefficient (Wildman–Crippen LogP) is 1.83. The third-order valence-corrected chi connectivity index (χ3v) is 3.67. The van der Waals surface area contributed by atoms with E-state index in [1.807, 2.05) is 19.9 Å².